The quantitative estimate of drug-likeness (QED) is 0.327. The molecule has 2 aromatic rings. The molecule has 0 spiro atoms. The maximum absolute atomic E-state index is 2.63. The van der Waals surface area contributed by atoms with Crippen LogP contribution in [0.15, 0.2) is 60.7 Å². The fraction of sp³-hybridized carbons (Fsp3) is 0. The van der Waals surface area contributed by atoms with Gasteiger partial charge in [-0.3, -0.25) is 0 Å². The molecule has 17 heavy (non-hydrogen) atoms. The zero-order chi connectivity index (χ0) is 10.2. The predicted octanol–water partition coefficient (Wildman–Crippen LogP) is 2.81. The molecule has 2 aromatic carbocycles. The van der Waals surface area contributed by atoms with Gasteiger partial charge in [0.25, 0.3) is 0 Å². The second kappa shape index (κ2) is 15.8. The summed E-state index contributed by atoms with van der Waals surface area (Å²) in [5, 5.41) is 0. The molecule has 0 aliphatic carbocycles. The summed E-state index contributed by atoms with van der Waals surface area (Å²) in [5.41, 5.74) is 0. The van der Waals surface area contributed by atoms with Crippen molar-refractivity contribution in [2.24, 2.45) is 0 Å². The van der Waals surface area contributed by atoms with E-state index in [1.165, 1.54) is 8.85 Å². The number of hydrogen-bond acceptors (Lipinski definition) is 0. The smallest absolute Gasteiger partial charge is 0.139 e. The Balaban J connectivity index is -0.000000196. The van der Waals surface area contributed by atoms with Gasteiger partial charge < -0.3 is 0 Å². The topological polar surface area (TPSA) is 0 Å². The van der Waals surface area contributed by atoms with E-state index in [-0.39, 0.29) is 71.9 Å². The molecule has 0 bridgehead atoms. The zero-order valence-corrected chi connectivity index (χ0v) is 18.5. The largest absolute Gasteiger partial charge is 0.175 e. The molecule has 2 rings (SSSR count). The molecule has 0 nitrogen and oxygen atoms in total. The third kappa shape index (κ3) is 13.9. The van der Waals surface area contributed by atoms with E-state index in [0.29, 0.717) is 0 Å². The van der Waals surface area contributed by atoms with E-state index in [1.54, 1.807) is 0 Å². The highest BCUT2D eigenvalue weighted by Crippen LogP contribution is 1.77. The standard InChI is InChI=1S/2C6H5.2Al.3HI/c2*1-2-4-6-5-3-1;;;;;/h2*1-5H;;;3*1H. The minimum absolute atomic E-state index is 0. The maximum atomic E-state index is 2.63. The van der Waals surface area contributed by atoms with Crippen LogP contribution < -0.4 is 8.85 Å². The summed E-state index contributed by atoms with van der Waals surface area (Å²) in [7, 11) is 0. The maximum Gasteiger partial charge on any atom is 0.175 e. The average molecular weight is 592 g/mol. The van der Waals surface area contributed by atoms with Crippen LogP contribution in [0.4, 0.5) is 0 Å². The Morgan fingerprint density at radius 1 is 0.471 bits per heavy atom. The second-order valence-electron chi connectivity index (χ2n) is 2.82. The van der Waals surface area contributed by atoms with Crippen molar-refractivity contribution < 1.29 is 0 Å². The van der Waals surface area contributed by atoms with Crippen molar-refractivity contribution in [3.05, 3.63) is 60.7 Å². The van der Waals surface area contributed by atoms with Crippen LogP contribution in [-0.4, -0.2) is 32.6 Å². The molecule has 4 radical (unpaired) electrons. The van der Waals surface area contributed by atoms with Gasteiger partial charge in [0.1, 0.15) is 0 Å². The van der Waals surface area contributed by atoms with Gasteiger partial charge in [-0.2, -0.15) is 0 Å². The Morgan fingerprint density at radius 3 is 0.824 bits per heavy atom. The summed E-state index contributed by atoms with van der Waals surface area (Å²) >= 11 is 5.26. The monoisotopic (exact) mass is 592 g/mol. The molecule has 0 aliphatic heterocycles. The first-order valence-electron chi connectivity index (χ1n) is 4.40. The van der Waals surface area contributed by atoms with Crippen LogP contribution in [-0.2, 0) is 0 Å². The summed E-state index contributed by atoms with van der Waals surface area (Å²) in [5.74, 6) is 0. The molecule has 0 heterocycles. The number of rotatable bonds is 0. The Morgan fingerprint density at radius 2 is 0.706 bits per heavy atom. The fourth-order valence-corrected chi connectivity index (χ4v) is 1.35. The molecule has 0 aromatic heterocycles. The second-order valence-corrected chi connectivity index (χ2v) is 4.15. The average Bonchev–Trinajstić information content (AvgIpc) is 2.21. The van der Waals surface area contributed by atoms with Crippen LogP contribution in [0.3, 0.4) is 0 Å². The van der Waals surface area contributed by atoms with E-state index in [0.717, 1.165) is 0 Å². The van der Waals surface area contributed by atoms with Gasteiger partial charge in [-0.1, -0.05) is 60.7 Å². The van der Waals surface area contributed by atoms with Crippen LogP contribution in [0.1, 0.15) is 0 Å². The van der Waals surface area contributed by atoms with E-state index >= 15 is 0 Å². The van der Waals surface area contributed by atoms with Crippen molar-refractivity contribution in [2.75, 3.05) is 0 Å². The molecule has 88 valence electrons. The van der Waals surface area contributed by atoms with Gasteiger partial charge in [0.2, 0.25) is 0 Å². The normalized spacial score (nSPS) is 7.06. The minimum atomic E-state index is 0. The van der Waals surface area contributed by atoms with E-state index in [4.69, 9.17) is 0 Å². The third-order valence-electron chi connectivity index (χ3n) is 1.60. The lowest BCUT2D eigenvalue weighted by Crippen LogP contribution is -1.97. The van der Waals surface area contributed by atoms with Crippen LogP contribution in [0.25, 0.3) is 0 Å². The van der Waals surface area contributed by atoms with Crippen molar-refractivity contribution in [2.45, 2.75) is 0 Å². The Hall–Kier alpha value is 1.69. The third-order valence-corrected chi connectivity index (χ3v) is 2.37. The Kier molecular flexibility index (Phi) is 22.0. The molecule has 0 unspecified atom stereocenters. The van der Waals surface area contributed by atoms with E-state index in [2.05, 4.69) is 32.6 Å². The first-order valence-corrected chi connectivity index (χ1v) is 5.55. The highest BCUT2D eigenvalue weighted by Gasteiger charge is 1.71. The highest BCUT2D eigenvalue weighted by molar-refractivity contribution is 14.0. The van der Waals surface area contributed by atoms with Crippen molar-refractivity contribution in [3.8, 4) is 0 Å². The lowest BCUT2D eigenvalue weighted by atomic mass is 10.4. The molecule has 0 amide bonds. The van der Waals surface area contributed by atoms with Gasteiger partial charge in [0.05, 0.1) is 0 Å². The van der Waals surface area contributed by atoms with Crippen LogP contribution in [0, 0.1) is 0 Å². The van der Waals surface area contributed by atoms with Crippen molar-refractivity contribution >= 4 is 113 Å². The Bertz CT molecular complexity index is 317. The summed E-state index contributed by atoms with van der Waals surface area (Å²) in [6.07, 6.45) is 0. The summed E-state index contributed by atoms with van der Waals surface area (Å²) in [6.45, 7) is 0. The van der Waals surface area contributed by atoms with Gasteiger partial charge in [0, 0.05) is 0 Å². The minimum Gasteiger partial charge on any atom is -0.139 e. The van der Waals surface area contributed by atoms with Gasteiger partial charge in [-0.25, -0.2) is 0 Å². The lowest BCUT2D eigenvalue weighted by Gasteiger charge is -1.84. The number of benzene rings is 2. The van der Waals surface area contributed by atoms with E-state index < -0.39 is 0 Å². The van der Waals surface area contributed by atoms with E-state index in [1.807, 2.05) is 60.7 Å². The molecule has 0 N–H and O–H groups in total. The van der Waals surface area contributed by atoms with Crippen LogP contribution in [0.2, 0.25) is 0 Å². The molecule has 0 atom stereocenters. The van der Waals surface area contributed by atoms with Crippen molar-refractivity contribution in [3.63, 3.8) is 0 Å². The van der Waals surface area contributed by atoms with Gasteiger partial charge in [-0.15, -0.1) is 80.8 Å². The summed E-state index contributed by atoms with van der Waals surface area (Å²) in [4.78, 5) is 0. The molecule has 0 fully saturated rings. The number of halogens is 3. The molecule has 0 saturated heterocycles. The fourth-order valence-electron chi connectivity index (χ4n) is 0.906. The van der Waals surface area contributed by atoms with E-state index in [9.17, 15) is 0 Å². The van der Waals surface area contributed by atoms with Crippen LogP contribution >= 0.6 is 71.9 Å². The SMILES string of the molecule is I.I.I.[Al][c]1ccccc1.[Al][c]1ccccc1. The zero-order valence-electron chi connectivity index (χ0n) is 9.15. The number of hydrogen-bond donors (Lipinski definition) is 0. The molecule has 5 heteroatoms. The van der Waals surface area contributed by atoms with Crippen molar-refractivity contribution in [1.29, 1.82) is 0 Å². The Labute approximate surface area is 171 Å². The lowest BCUT2D eigenvalue weighted by molar-refractivity contribution is 1.78. The van der Waals surface area contributed by atoms with Crippen molar-refractivity contribution in [1.82, 2.24) is 0 Å². The molecule has 0 aliphatic rings. The molecular formula is C12H13Al2I3. The summed E-state index contributed by atoms with van der Waals surface area (Å²) < 4.78 is 2.48. The summed E-state index contributed by atoms with van der Waals surface area (Å²) in [6, 6.07) is 20.3. The van der Waals surface area contributed by atoms with Crippen LogP contribution in [0.5, 0.6) is 0 Å². The molecule has 0 saturated carbocycles. The van der Waals surface area contributed by atoms with Gasteiger partial charge in [-0.05, 0) is 0 Å². The highest BCUT2D eigenvalue weighted by atomic mass is 127. The predicted molar refractivity (Wildman–Crippen MR) is 110 cm³/mol. The van der Waals surface area contributed by atoms with Gasteiger partial charge in [0.15, 0.2) is 32.6 Å². The first-order chi connectivity index (χ1) is 6.79. The first kappa shape index (κ1) is 23.8. The molecular weight excluding hydrogens is 579 g/mol. The van der Waals surface area contributed by atoms with Gasteiger partial charge >= 0.3 is 0 Å².